The summed E-state index contributed by atoms with van der Waals surface area (Å²) in [5.41, 5.74) is 2.37. The highest BCUT2D eigenvalue weighted by atomic mass is 16.5. The molecular formula is C15H18O2. The SMILES string of the molecule is COc1ccccc1C1=CCCC(C(C)=O)C1. The number of allylic oxidation sites excluding steroid dienone is 2. The second-order valence-electron chi connectivity index (χ2n) is 4.52. The van der Waals surface area contributed by atoms with Crippen LogP contribution in [0.4, 0.5) is 0 Å². The van der Waals surface area contributed by atoms with Crippen molar-refractivity contribution in [2.24, 2.45) is 5.92 Å². The zero-order valence-corrected chi connectivity index (χ0v) is 10.4. The summed E-state index contributed by atoms with van der Waals surface area (Å²) in [7, 11) is 1.69. The quantitative estimate of drug-likeness (QED) is 0.794. The molecule has 0 radical (unpaired) electrons. The van der Waals surface area contributed by atoms with Gasteiger partial charge in [-0.05, 0) is 37.8 Å². The van der Waals surface area contributed by atoms with Crippen LogP contribution >= 0.6 is 0 Å². The Morgan fingerprint density at radius 2 is 2.12 bits per heavy atom. The van der Waals surface area contributed by atoms with Crippen molar-refractivity contribution in [1.82, 2.24) is 0 Å². The van der Waals surface area contributed by atoms with E-state index in [9.17, 15) is 4.79 Å². The molecule has 1 aliphatic carbocycles. The summed E-state index contributed by atoms with van der Waals surface area (Å²) in [5.74, 6) is 1.37. The highest BCUT2D eigenvalue weighted by molar-refractivity contribution is 5.82. The van der Waals surface area contributed by atoms with Gasteiger partial charge in [0.15, 0.2) is 0 Å². The molecule has 0 amide bonds. The Balaban J connectivity index is 2.28. The summed E-state index contributed by atoms with van der Waals surface area (Å²) in [6.45, 7) is 1.69. The lowest BCUT2D eigenvalue weighted by Crippen LogP contribution is -2.14. The van der Waals surface area contributed by atoms with Gasteiger partial charge < -0.3 is 4.74 Å². The van der Waals surface area contributed by atoms with E-state index in [1.807, 2.05) is 18.2 Å². The van der Waals surface area contributed by atoms with Gasteiger partial charge in [-0.25, -0.2) is 0 Å². The molecule has 1 unspecified atom stereocenters. The predicted octanol–water partition coefficient (Wildman–Crippen LogP) is 3.47. The fourth-order valence-corrected chi connectivity index (χ4v) is 2.39. The molecule has 0 saturated carbocycles. The number of hydrogen-bond acceptors (Lipinski definition) is 2. The van der Waals surface area contributed by atoms with Crippen LogP contribution in [-0.4, -0.2) is 12.9 Å². The smallest absolute Gasteiger partial charge is 0.133 e. The molecule has 1 aromatic rings. The minimum Gasteiger partial charge on any atom is -0.496 e. The summed E-state index contributed by atoms with van der Waals surface area (Å²) < 4.78 is 5.37. The fourth-order valence-electron chi connectivity index (χ4n) is 2.39. The first-order valence-corrected chi connectivity index (χ1v) is 6.05. The predicted molar refractivity (Wildman–Crippen MR) is 69.0 cm³/mol. The Kier molecular flexibility index (Phi) is 3.62. The fraction of sp³-hybridized carbons (Fsp3) is 0.400. The second-order valence-corrected chi connectivity index (χ2v) is 4.52. The number of Topliss-reactive ketones (excluding diaryl/α,β-unsaturated/α-hetero) is 1. The van der Waals surface area contributed by atoms with Gasteiger partial charge in [-0.3, -0.25) is 4.79 Å². The average Bonchev–Trinajstić information content (AvgIpc) is 2.39. The minimum atomic E-state index is 0.180. The molecule has 0 fully saturated rings. The first-order chi connectivity index (χ1) is 8.22. The molecule has 90 valence electrons. The molecule has 2 heteroatoms. The normalized spacial score (nSPS) is 19.6. The van der Waals surface area contributed by atoms with Gasteiger partial charge >= 0.3 is 0 Å². The first kappa shape index (κ1) is 11.9. The molecule has 17 heavy (non-hydrogen) atoms. The van der Waals surface area contributed by atoms with E-state index in [-0.39, 0.29) is 5.92 Å². The van der Waals surface area contributed by atoms with E-state index in [1.54, 1.807) is 14.0 Å². The summed E-state index contributed by atoms with van der Waals surface area (Å²) in [5, 5.41) is 0. The minimum absolute atomic E-state index is 0.180. The van der Waals surface area contributed by atoms with E-state index in [4.69, 9.17) is 4.74 Å². The number of carbonyl (C=O) groups is 1. The van der Waals surface area contributed by atoms with E-state index in [1.165, 1.54) is 5.57 Å². The molecule has 0 aliphatic heterocycles. The third-order valence-electron chi connectivity index (χ3n) is 3.40. The zero-order valence-electron chi connectivity index (χ0n) is 10.4. The molecule has 0 bridgehead atoms. The molecule has 2 rings (SSSR count). The zero-order chi connectivity index (χ0) is 12.3. The van der Waals surface area contributed by atoms with Crippen molar-refractivity contribution in [1.29, 1.82) is 0 Å². The van der Waals surface area contributed by atoms with Crippen LogP contribution in [0.25, 0.3) is 5.57 Å². The first-order valence-electron chi connectivity index (χ1n) is 6.05. The van der Waals surface area contributed by atoms with Gasteiger partial charge in [-0.2, -0.15) is 0 Å². The van der Waals surface area contributed by atoms with Gasteiger partial charge in [0.1, 0.15) is 11.5 Å². The highest BCUT2D eigenvalue weighted by Crippen LogP contribution is 2.35. The number of ether oxygens (including phenoxy) is 1. The lowest BCUT2D eigenvalue weighted by atomic mass is 9.83. The number of para-hydroxylation sites is 1. The van der Waals surface area contributed by atoms with Crippen molar-refractivity contribution < 1.29 is 9.53 Å². The molecular weight excluding hydrogens is 212 g/mol. The lowest BCUT2D eigenvalue weighted by Gasteiger charge is -2.21. The van der Waals surface area contributed by atoms with Gasteiger partial charge in [0.2, 0.25) is 0 Å². The average molecular weight is 230 g/mol. The number of methoxy groups -OCH3 is 1. The Hall–Kier alpha value is -1.57. The van der Waals surface area contributed by atoms with Crippen molar-refractivity contribution in [3.05, 3.63) is 35.9 Å². The lowest BCUT2D eigenvalue weighted by molar-refractivity contribution is -0.120. The standard InChI is InChI=1S/C15H18O2/c1-11(16)12-6-5-7-13(10-12)14-8-3-4-9-15(14)17-2/h3-4,7-9,12H,5-6,10H2,1-2H3. The molecule has 1 aromatic carbocycles. The van der Waals surface area contributed by atoms with E-state index >= 15 is 0 Å². The maximum atomic E-state index is 11.5. The summed E-state index contributed by atoms with van der Waals surface area (Å²) in [6.07, 6.45) is 5.04. The van der Waals surface area contributed by atoms with E-state index in [0.29, 0.717) is 5.78 Å². The van der Waals surface area contributed by atoms with Gasteiger partial charge in [-0.15, -0.1) is 0 Å². The summed E-state index contributed by atoms with van der Waals surface area (Å²) in [6, 6.07) is 8.00. The van der Waals surface area contributed by atoms with E-state index < -0.39 is 0 Å². The van der Waals surface area contributed by atoms with Crippen LogP contribution in [0.1, 0.15) is 31.7 Å². The topological polar surface area (TPSA) is 26.3 Å². The van der Waals surface area contributed by atoms with E-state index in [2.05, 4.69) is 12.1 Å². The molecule has 2 nitrogen and oxygen atoms in total. The van der Waals surface area contributed by atoms with Gasteiger partial charge in [0.25, 0.3) is 0 Å². The van der Waals surface area contributed by atoms with Crippen molar-refractivity contribution in [2.45, 2.75) is 26.2 Å². The second kappa shape index (κ2) is 5.17. The maximum Gasteiger partial charge on any atom is 0.133 e. The van der Waals surface area contributed by atoms with Crippen LogP contribution < -0.4 is 4.74 Å². The third-order valence-corrected chi connectivity index (χ3v) is 3.40. The van der Waals surface area contributed by atoms with Crippen LogP contribution in [-0.2, 0) is 4.79 Å². The van der Waals surface area contributed by atoms with Crippen molar-refractivity contribution in [3.63, 3.8) is 0 Å². The number of carbonyl (C=O) groups excluding carboxylic acids is 1. The van der Waals surface area contributed by atoms with Crippen LogP contribution in [0.2, 0.25) is 0 Å². The van der Waals surface area contributed by atoms with Gasteiger partial charge in [0, 0.05) is 11.5 Å². The molecule has 0 heterocycles. The molecule has 0 N–H and O–H groups in total. The summed E-state index contributed by atoms with van der Waals surface area (Å²) in [4.78, 5) is 11.5. The number of benzene rings is 1. The summed E-state index contributed by atoms with van der Waals surface area (Å²) >= 11 is 0. The molecule has 0 aromatic heterocycles. The van der Waals surface area contributed by atoms with E-state index in [0.717, 1.165) is 30.6 Å². The highest BCUT2D eigenvalue weighted by Gasteiger charge is 2.21. The van der Waals surface area contributed by atoms with Crippen molar-refractivity contribution >= 4 is 11.4 Å². The maximum absolute atomic E-state index is 11.5. The Labute approximate surface area is 102 Å². The number of ketones is 1. The molecule has 0 saturated heterocycles. The monoisotopic (exact) mass is 230 g/mol. The molecule has 1 aliphatic rings. The van der Waals surface area contributed by atoms with Crippen molar-refractivity contribution in [2.75, 3.05) is 7.11 Å². The van der Waals surface area contributed by atoms with Gasteiger partial charge in [-0.1, -0.05) is 24.3 Å². The Bertz CT molecular complexity index is 446. The molecule has 1 atom stereocenters. The van der Waals surface area contributed by atoms with Crippen molar-refractivity contribution in [3.8, 4) is 5.75 Å². The Morgan fingerprint density at radius 3 is 2.82 bits per heavy atom. The number of hydrogen-bond donors (Lipinski definition) is 0. The van der Waals surface area contributed by atoms with Crippen LogP contribution in [0.15, 0.2) is 30.3 Å². The number of rotatable bonds is 3. The Morgan fingerprint density at radius 1 is 1.35 bits per heavy atom. The third kappa shape index (κ3) is 2.57. The molecule has 0 spiro atoms. The largest absolute Gasteiger partial charge is 0.496 e. The van der Waals surface area contributed by atoms with Crippen LogP contribution in [0.3, 0.4) is 0 Å². The van der Waals surface area contributed by atoms with Crippen LogP contribution in [0.5, 0.6) is 5.75 Å². The van der Waals surface area contributed by atoms with Gasteiger partial charge in [0.05, 0.1) is 7.11 Å². The van der Waals surface area contributed by atoms with Crippen LogP contribution in [0, 0.1) is 5.92 Å².